The van der Waals surface area contributed by atoms with Gasteiger partial charge in [0.15, 0.2) is 4.34 Å². The third-order valence-electron chi connectivity index (χ3n) is 3.92. The number of hydrogen-bond acceptors (Lipinski definition) is 7. The van der Waals surface area contributed by atoms with Crippen molar-refractivity contribution in [3.8, 4) is 0 Å². The third-order valence-corrected chi connectivity index (χ3v) is 5.92. The summed E-state index contributed by atoms with van der Waals surface area (Å²) in [6.07, 6.45) is 2.07. The van der Waals surface area contributed by atoms with Gasteiger partial charge in [-0.2, -0.15) is 0 Å². The number of aromatic nitrogens is 2. The summed E-state index contributed by atoms with van der Waals surface area (Å²) in [5.74, 6) is 1.01. The minimum atomic E-state index is 0.105. The Hall–Kier alpha value is -1.35. The summed E-state index contributed by atoms with van der Waals surface area (Å²) >= 11 is 2.89. The zero-order valence-electron chi connectivity index (χ0n) is 13.2. The molecule has 1 aliphatic carbocycles. The molecule has 126 valence electrons. The van der Waals surface area contributed by atoms with E-state index in [4.69, 9.17) is 0 Å². The summed E-state index contributed by atoms with van der Waals surface area (Å²) in [6.45, 7) is 5.41. The standard InChI is InChI=1S/C14H21N5O2S2/c1-2-15-13-16-17-14(23-13)22-9-11(20)18-5-7-19(8-6-18)12(21)10-3-4-10/h10H,2-9H2,1H3,(H,15,16). The lowest BCUT2D eigenvalue weighted by Gasteiger charge is -2.34. The molecule has 3 rings (SSSR count). The normalized spacial score (nSPS) is 18.1. The van der Waals surface area contributed by atoms with Crippen molar-refractivity contribution in [3.05, 3.63) is 0 Å². The van der Waals surface area contributed by atoms with Gasteiger partial charge in [-0.05, 0) is 19.8 Å². The molecule has 0 unspecified atom stereocenters. The van der Waals surface area contributed by atoms with E-state index >= 15 is 0 Å². The van der Waals surface area contributed by atoms with Crippen LogP contribution in [0.3, 0.4) is 0 Å². The molecule has 1 N–H and O–H groups in total. The number of nitrogens with zero attached hydrogens (tertiary/aromatic N) is 4. The first-order valence-corrected chi connectivity index (χ1v) is 9.74. The minimum absolute atomic E-state index is 0.105. The Balaban J connectivity index is 1.41. The monoisotopic (exact) mass is 355 g/mol. The summed E-state index contributed by atoms with van der Waals surface area (Å²) in [5, 5.41) is 12.0. The molecular formula is C14H21N5O2S2. The van der Waals surface area contributed by atoms with Crippen LogP contribution in [-0.2, 0) is 9.59 Å². The van der Waals surface area contributed by atoms with Crippen LogP contribution < -0.4 is 5.32 Å². The fourth-order valence-corrected chi connectivity index (χ4v) is 4.19. The molecule has 1 saturated carbocycles. The average Bonchev–Trinajstić information content (AvgIpc) is 3.33. The number of nitrogens with one attached hydrogen (secondary N) is 1. The van der Waals surface area contributed by atoms with E-state index in [-0.39, 0.29) is 17.7 Å². The predicted octanol–water partition coefficient (Wildman–Crippen LogP) is 1.14. The molecule has 2 fully saturated rings. The largest absolute Gasteiger partial charge is 0.360 e. The predicted molar refractivity (Wildman–Crippen MR) is 90.7 cm³/mol. The van der Waals surface area contributed by atoms with E-state index in [0.29, 0.717) is 31.9 Å². The molecule has 0 radical (unpaired) electrons. The smallest absolute Gasteiger partial charge is 0.233 e. The van der Waals surface area contributed by atoms with Gasteiger partial charge in [-0.3, -0.25) is 9.59 Å². The van der Waals surface area contributed by atoms with Crippen LogP contribution in [0.5, 0.6) is 0 Å². The van der Waals surface area contributed by atoms with Crippen LogP contribution in [0, 0.1) is 5.92 Å². The summed E-state index contributed by atoms with van der Waals surface area (Å²) in [4.78, 5) is 28.0. The Morgan fingerprint density at radius 3 is 2.57 bits per heavy atom. The Labute approximate surface area is 143 Å². The van der Waals surface area contributed by atoms with E-state index in [1.165, 1.54) is 23.1 Å². The molecule has 9 heteroatoms. The van der Waals surface area contributed by atoms with Gasteiger partial charge >= 0.3 is 0 Å². The number of rotatable bonds is 6. The van der Waals surface area contributed by atoms with Crippen molar-refractivity contribution in [2.45, 2.75) is 24.1 Å². The van der Waals surface area contributed by atoms with Crippen LogP contribution in [0.15, 0.2) is 4.34 Å². The van der Waals surface area contributed by atoms with Crippen LogP contribution in [0.25, 0.3) is 0 Å². The maximum atomic E-state index is 12.3. The molecule has 0 atom stereocenters. The Bertz CT molecular complexity index is 567. The van der Waals surface area contributed by atoms with Gasteiger partial charge in [-0.25, -0.2) is 0 Å². The van der Waals surface area contributed by atoms with Gasteiger partial charge in [0.05, 0.1) is 5.75 Å². The van der Waals surface area contributed by atoms with Crippen LogP contribution in [0.2, 0.25) is 0 Å². The fraction of sp³-hybridized carbons (Fsp3) is 0.714. The van der Waals surface area contributed by atoms with Crippen molar-refractivity contribution >= 4 is 40.0 Å². The van der Waals surface area contributed by atoms with E-state index < -0.39 is 0 Å². The summed E-state index contributed by atoms with van der Waals surface area (Å²) in [7, 11) is 0. The van der Waals surface area contributed by atoms with Crippen molar-refractivity contribution in [2.24, 2.45) is 5.92 Å². The van der Waals surface area contributed by atoms with Gasteiger partial charge in [0, 0.05) is 38.6 Å². The minimum Gasteiger partial charge on any atom is -0.360 e. The average molecular weight is 355 g/mol. The van der Waals surface area contributed by atoms with E-state index in [1.807, 2.05) is 16.7 Å². The molecule has 1 aliphatic heterocycles. The molecule has 7 nitrogen and oxygen atoms in total. The third kappa shape index (κ3) is 4.35. The zero-order valence-corrected chi connectivity index (χ0v) is 14.8. The second-order valence-corrected chi connectivity index (χ2v) is 7.87. The second-order valence-electron chi connectivity index (χ2n) is 5.67. The molecule has 0 bridgehead atoms. The van der Waals surface area contributed by atoms with Crippen LogP contribution in [0.4, 0.5) is 5.13 Å². The summed E-state index contributed by atoms with van der Waals surface area (Å²) in [6, 6.07) is 0. The lowest BCUT2D eigenvalue weighted by Crippen LogP contribution is -2.51. The Morgan fingerprint density at radius 1 is 1.22 bits per heavy atom. The first-order chi connectivity index (χ1) is 11.2. The van der Waals surface area contributed by atoms with Gasteiger partial charge in [0.1, 0.15) is 0 Å². The van der Waals surface area contributed by atoms with Crippen molar-refractivity contribution in [3.63, 3.8) is 0 Å². The van der Waals surface area contributed by atoms with Crippen molar-refractivity contribution in [1.29, 1.82) is 0 Å². The van der Waals surface area contributed by atoms with Crippen molar-refractivity contribution < 1.29 is 9.59 Å². The van der Waals surface area contributed by atoms with Gasteiger partial charge in [-0.15, -0.1) is 10.2 Å². The van der Waals surface area contributed by atoms with E-state index in [2.05, 4.69) is 15.5 Å². The number of hydrogen-bond donors (Lipinski definition) is 1. The zero-order chi connectivity index (χ0) is 16.2. The topological polar surface area (TPSA) is 78.4 Å². The fourth-order valence-electron chi connectivity index (χ4n) is 2.47. The van der Waals surface area contributed by atoms with E-state index in [0.717, 1.165) is 28.9 Å². The lowest BCUT2D eigenvalue weighted by molar-refractivity contribution is -0.139. The molecule has 1 aromatic heterocycles. The molecule has 1 aromatic rings. The van der Waals surface area contributed by atoms with Crippen LogP contribution in [0.1, 0.15) is 19.8 Å². The molecule has 2 heterocycles. The number of piperazine rings is 1. The number of anilines is 1. The maximum absolute atomic E-state index is 12.3. The Morgan fingerprint density at radius 2 is 1.91 bits per heavy atom. The van der Waals surface area contributed by atoms with Crippen molar-refractivity contribution in [1.82, 2.24) is 20.0 Å². The number of carbonyl (C=O) groups is 2. The highest BCUT2D eigenvalue weighted by Crippen LogP contribution is 2.31. The maximum Gasteiger partial charge on any atom is 0.233 e. The second kappa shape index (κ2) is 7.48. The van der Waals surface area contributed by atoms with Crippen molar-refractivity contribution in [2.75, 3.05) is 43.8 Å². The molecule has 23 heavy (non-hydrogen) atoms. The quantitative estimate of drug-likeness (QED) is 0.771. The highest BCUT2D eigenvalue weighted by atomic mass is 32.2. The molecule has 1 saturated heterocycles. The van der Waals surface area contributed by atoms with Gasteiger partial charge < -0.3 is 15.1 Å². The van der Waals surface area contributed by atoms with Gasteiger partial charge in [-0.1, -0.05) is 23.1 Å². The number of carbonyl (C=O) groups excluding carboxylic acids is 2. The molecular weight excluding hydrogens is 334 g/mol. The molecule has 2 amide bonds. The van der Waals surface area contributed by atoms with E-state index in [9.17, 15) is 9.59 Å². The van der Waals surface area contributed by atoms with Gasteiger partial charge in [0.2, 0.25) is 16.9 Å². The summed E-state index contributed by atoms with van der Waals surface area (Å²) < 4.78 is 0.803. The molecule has 0 aromatic carbocycles. The first kappa shape index (κ1) is 16.5. The number of amides is 2. The highest BCUT2D eigenvalue weighted by molar-refractivity contribution is 8.01. The molecule has 2 aliphatic rings. The van der Waals surface area contributed by atoms with Crippen LogP contribution in [-0.4, -0.2) is 70.3 Å². The Kier molecular flexibility index (Phi) is 5.37. The molecule has 0 spiro atoms. The lowest BCUT2D eigenvalue weighted by atomic mass is 10.2. The first-order valence-electron chi connectivity index (χ1n) is 7.94. The van der Waals surface area contributed by atoms with Crippen LogP contribution >= 0.6 is 23.1 Å². The highest BCUT2D eigenvalue weighted by Gasteiger charge is 2.35. The SMILES string of the molecule is CCNc1nnc(SCC(=O)N2CCN(C(=O)C3CC3)CC2)s1. The van der Waals surface area contributed by atoms with Gasteiger partial charge in [0.25, 0.3) is 0 Å². The number of thioether (sulfide) groups is 1. The summed E-state index contributed by atoms with van der Waals surface area (Å²) in [5.41, 5.74) is 0. The van der Waals surface area contributed by atoms with E-state index in [1.54, 1.807) is 0 Å².